The zero-order valence-corrected chi connectivity index (χ0v) is 36.8. The van der Waals surface area contributed by atoms with Crippen LogP contribution < -0.4 is 30.2 Å². The van der Waals surface area contributed by atoms with Gasteiger partial charge in [0.15, 0.2) is 11.5 Å². The molecule has 3 aromatic carbocycles. The topological polar surface area (TPSA) is 213 Å². The van der Waals surface area contributed by atoms with E-state index in [1.165, 1.54) is 20.4 Å². The summed E-state index contributed by atoms with van der Waals surface area (Å²) in [5.41, 5.74) is 2.92. The number of fused-ring (bicyclic) bond motifs is 2. The number of ether oxygens (including phenoxy) is 3. The van der Waals surface area contributed by atoms with Crippen LogP contribution in [0.2, 0.25) is 10.0 Å². The molecule has 17 nitrogen and oxygen atoms in total. The van der Waals surface area contributed by atoms with Gasteiger partial charge in [0.25, 0.3) is 11.8 Å². The normalized spacial score (nSPS) is 16.3. The number of anilines is 2. The van der Waals surface area contributed by atoms with Crippen molar-refractivity contribution in [2.75, 3.05) is 65.4 Å². The Morgan fingerprint density at radius 1 is 0.938 bits per heavy atom. The second-order valence-corrected chi connectivity index (χ2v) is 16.2. The highest BCUT2D eigenvalue weighted by molar-refractivity contribution is 6.37. The predicted molar refractivity (Wildman–Crippen MR) is 236 cm³/mol. The average Bonchev–Trinajstić information content (AvgIpc) is 3.55. The van der Waals surface area contributed by atoms with Crippen molar-refractivity contribution in [3.63, 3.8) is 0 Å². The van der Waals surface area contributed by atoms with Gasteiger partial charge in [-0.25, -0.2) is 0 Å². The summed E-state index contributed by atoms with van der Waals surface area (Å²) < 4.78 is 17.2. The lowest BCUT2D eigenvalue weighted by Crippen LogP contribution is -2.54. The van der Waals surface area contributed by atoms with Gasteiger partial charge in [0, 0.05) is 82.2 Å². The number of methoxy groups -OCH3 is 2. The number of amides is 6. The number of piperidine rings is 1. The number of pyridine rings is 1. The van der Waals surface area contributed by atoms with Crippen LogP contribution in [0.4, 0.5) is 11.4 Å². The quantitative estimate of drug-likeness (QED) is 0.0940. The molecular weight excluding hydrogens is 867 g/mol. The number of hydrogen-bond acceptors (Lipinski definition) is 13. The molecule has 4 heterocycles. The van der Waals surface area contributed by atoms with Gasteiger partial charge in [-0.1, -0.05) is 35.3 Å². The maximum absolute atomic E-state index is 13.3. The molecule has 1 aromatic heterocycles. The van der Waals surface area contributed by atoms with Crippen LogP contribution >= 0.6 is 23.2 Å². The minimum atomic E-state index is -1.04. The molecule has 0 saturated carbocycles. The number of carbonyl (C=O) groups is 6. The van der Waals surface area contributed by atoms with E-state index in [1.54, 1.807) is 47.4 Å². The van der Waals surface area contributed by atoms with Crippen molar-refractivity contribution < 1.29 is 43.0 Å². The number of nitrogens with zero attached hydrogens (tertiary/aromatic N) is 5. The van der Waals surface area contributed by atoms with Gasteiger partial charge in [-0.3, -0.25) is 48.9 Å². The monoisotopic (exact) mass is 912 g/mol. The Bertz CT molecular complexity index is 2560. The van der Waals surface area contributed by atoms with Gasteiger partial charge >= 0.3 is 0 Å². The number of carbonyl (C=O) groups excluding carboxylic acids is 6. The number of nitrogens with one attached hydrogen (secondary N) is 3. The highest BCUT2D eigenvalue weighted by atomic mass is 35.5. The number of imide groups is 2. The van der Waals surface area contributed by atoms with E-state index in [4.69, 9.17) is 37.4 Å². The van der Waals surface area contributed by atoms with Gasteiger partial charge in [0.2, 0.25) is 23.6 Å². The molecule has 2 fully saturated rings. The molecule has 64 heavy (non-hydrogen) atoms. The van der Waals surface area contributed by atoms with E-state index in [-0.39, 0.29) is 48.6 Å². The lowest BCUT2D eigenvalue weighted by atomic mass is 9.99. The first-order valence-electron chi connectivity index (χ1n) is 20.8. The van der Waals surface area contributed by atoms with E-state index in [9.17, 15) is 34.0 Å². The van der Waals surface area contributed by atoms with Crippen LogP contribution in [0.15, 0.2) is 48.7 Å². The zero-order valence-electron chi connectivity index (χ0n) is 35.3. The van der Waals surface area contributed by atoms with E-state index < -0.39 is 29.7 Å². The molecule has 3 N–H and O–H groups in total. The van der Waals surface area contributed by atoms with Crippen molar-refractivity contribution in [1.29, 1.82) is 5.26 Å². The fourth-order valence-corrected chi connectivity index (χ4v) is 8.57. The smallest absolute Gasteiger partial charge is 0.262 e. The Labute approximate surface area is 378 Å². The number of benzene rings is 3. The third-order valence-corrected chi connectivity index (χ3v) is 12.0. The Hall–Kier alpha value is -6.48. The molecule has 19 heteroatoms. The van der Waals surface area contributed by atoms with E-state index in [0.29, 0.717) is 119 Å². The molecule has 4 aromatic rings. The van der Waals surface area contributed by atoms with E-state index in [2.05, 4.69) is 31.9 Å². The number of aromatic nitrogens is 1. The molecule has 1 unspecified atom stereocenters. The SMILES string of the molecule is COc1cc(Nc2c(C#N)cnc3cc(OCCCN4CCN(C(=O)CCC(=O)NCCCc5cccc6c5C(=O)N(C5CCC(=O)NC5=O)C6=O)CC4)c(OC)cc23)c(Cl)cc1Cl. The summed E-state index contributed by atoms with van der Waals surface area (Å²) in [6.07, 6.45) is 3.31. The maximum atomic E-state index is 13.3. The summed E-state index contributed by atoms with van der Waals surface area (Å²) in [6.45, 7) is 3.91. The number of halogens is 2. The lowest BCUT2D eigenvalue weighted by Gasteiger charge is -2.34. The zero-order chi connectivity index (χ0) is 45.5. The van der Waals surface area contributed by atoms with E-state index >= 15 is 0 Å². The largest absolute Gasteiger partial charge is 0.495 e. The molecule has 7 rings (SSSR count). The Morgan fingerprint density at radius 3 is 2.45 bits per heavy atom. The number of aryl methyl sites for hydroxylation is 1. The third kappa shape index (κ3) is 9.99. The average molecular weight is 914 g/mol. The molecule has 334 valence electrons. The molecule has 6 amide bonds. The van der Waals surface area contributed by atoms with Crippen molar-refractivity contribution >= 4 is 80.9 Å². The van der Waals surface area contributed by atoms with E-state index in [0.717, 1.165) is 11.4 Å². The summed E-state index contributed by atoms with van der Waals surface area (Å²) >= 11 is 12.7. The first-order chi connectivity index (χ1) is 30.9. The summed E-state index contributed by atoms with van der Waals surface area (Å²) in [5.74, 6) is -1.20. The van der Waals surface area contributed by atoms with Gasteiger partial charge in [0.05, 0.1) is 64.5 Å². The first kappa shape index (κ1) is 45.5. The predicted octanol–water partition coefficient (Wildman–Crippen LogP) is 5.02. The lowest BCUT2D eigenvalue weighted by molar-refractivity contribution is -0.136. The molecule has 0 radical (unpaired) electrons. The number of piperazine rings is 1. The van der Waals surface area contributed by atoms with Gasteiger partial charge in [-0.15, -0.1) is 0 Å². The van der Waals surface area contributed by atoms with Crippen LogP contribution in [0.5, 0.6) is 17.2 Å². The minimum Gasteiger partial charge on any atom is -0.495 e. The molecule has 0 spiro atoms. The van der Waals surface area contributed by atoms with E-state index in [1.807, 2.05) is 0 Å². The molecule has 1 atom stereocenters. The van der Waals surface area contributed by atoms with Crippen molar-refractivity contribution in [3.8, 4) is 23.3 Å². The van der Waals surface area contributed by atoms with Crippen LogP contribution in [-0.4, -0.2) is 121 Å². The summed E-state index contributed by atoms with van der Waals surface area (Å²) in [4.78, 5) is 85.6. The maximum Gasteiger partial charge on any atom is 0.262 e. The van der Waals surface area contributed by atoms with Gasteiger partial charge < -0.3 is 29.7 Å². The van der Waals surface area contributed by atoms with Crippen LogP contribution in [-0.2, 0) is 25.6 Å². The summed E-state index contributed by atoms with van der Waals surface area (Å²) in [5, 5.41) is 19.5. The minimum absolute atomic E-state index is 0.0392. The first-order valence-corrected chi connectivity index (χ1v) is 21.6. The van der Waals surface area contributed by atoms with Crippen LogP contribution in [0.1, 0.15) is 70.4 Å². The van der Waals surface area contributed by atoms with Crippen molar-refractivity contribution in [1.82, 2.24) is 30.3 Å². The molecule has 3 aliphatic heterocycles. The highest BCUT2D eigenvalue weighted by Gasteiger charge is 2.45. The second-order valence-electron chi connectivity index (χ2n) is 15.4. The molecule has 0 aliphatic carbocycles. The van der Waals surface area contributed by atoms with Gasteiger partial charge in [-0.2, -0.15) is 5.26 Å². The summed E-state index contributed by atoms with van der Waals surface area (Å²) in [6, 6.07) is 12.8. The summed E-state index contributed by atoms with van der Waals surface area (Å²) in [7, 11) is 3.03. The molecule has 3 aliphatic rings. The van der Waals surface area contributed by atoms with Crippen LogP contribution in [0.25, 0.3) is 10.9 Å². The molecule has 0 bridgehead atoms. The van der Waals surface area contributed by atoms with Gasteiger partial charge in [0.1, 0.15) is 17.9 Å². The van der Waals surface area contributed by atoms with Crippen LogP contribution in [0.3, 0.4) is 0 Å². The highest BCUT2D eigenvalue weighted by Crippen LogP contribution is 2.40. The fourth-order valence-electron chi connectivity index (χ4n) is 8.07. The second kappa shape index (κ2) is 20.4. The molecule has 2 saturated heterocycles. The standard InChI is InChI=1S/C45H46Cl2N8O9/c1-62-35-23-33(30(46)21-31(35)47)51-42-27(24-48)25-50-32-22-37(36(63-2)20-29(32)42)64-19-5-14-53-15-17-54(18-16-53)40(58)12-11-38(56)49-13-4-7-26-6-3-8-28-41(26)45(61)55(44(28)60)34-9-10-39(57)52-43(34)59/h3,6,8,20-23,25,34H,4-5,7,9-19H2,1-2H3,(H,49,56)(H,50,51)(H,52,57,59). The number of hydrogen-bond donors (Lipinski definition) is 3. The van der Waals surface area contributed by atoms with Crippen LogP contribution in [0, 0.1) is 11.3 Å². The third-order valence-electron chi connectivity index (χ3n) is 11.4. The molecular formula is C45H46Cl2N8O9. The Morgan fingerprint density at radius 2 is 1.72 bits per heavy atom. The van der Waals surface area contributed by atoms with Crippen molar-refractivity contribution in [2.24, 2.45) is 0 Å². The Kier molecular flexibility index (Phi) is 14.5. The number of nitriles is 1. The van der Waals surface area contributed by atoms with Gasteiger partial charge in [-0.05, 0) is 49.4 Å². The number of rotatable bonds is 17. The fraction of sp³-hybridized carbons (Fsp3) is 0.378. The van der Waals surface area contributed by atoms with Crippen molar-refractivity contribution in [2.45, 2.75) is 51.0 Å². The Balaban J connectivity index is 0.820. The van der Waals surface area contributed by atoms with Crippen molar-refractivity contribution in [3.05, 3.63) is 81.0 Å².